The lowest BCUT2D eigenvalue weighted by molar-refractivity contribution is -0.152. The number of carbonyl (C=O) groups is 3. The molecule has 0 bridgehead atoms. The van der Waals surface area contributed by atoms with Gasteiger partial charge in [-0.15, -0.1) is 0 Å². The van der Waals surface area contributed by atoms with Gasteiger partial charge < -0.3 is 15.7 Å². The van der Waals surface area contributed by atoms with Gasteiger partial charge in [-0.05, 0) is 26.2 Å². The maximum absolute atomic E-state index is 12.1. The second kappa shape index (κ2) is 5.19. The SMILES string of the molecule is CC1(C(=O)O)CCCCC1NC(=O)[C@@H]1CCC(=O)N1. The van der Waals surface area contributed by atoms with Gasteiger partial charge in [0.15, 0.2) is 0 Å². The molecule has 3 N–H and O–H groups in total. The molecule has 106 valence electrons. The molecule has 3 atom stereocenters. The van der Waals surface area contributed by atoms with Crippen LogP contribution in [0.3, 0.4) is 0 Å². The lowest BCUT2D eigenvalue weighted by Crippen LogP contribution is -2.55. The first kappa shape index (κ1) is 13.8. The van der Waals surface area contributed by atoms with Gasteiger partial charge in [-0.3, -0.25) is 14.4 Å². The van der Waals surface area contributed by atoms with E-state index in [9.17, 15) is 19.5 Å². The van der Waals surface area contributed by atoms with Gasteiger partial charge in [-0.25, -0.2) is 0 Å². The second-order valence-corrected chi connectivity index (χ2v) is 5.69. The van der Waals surface area contributed by atoms with Crippen molar-refractivity contribution in [1.82, 2.24) is 10.6 Å². The molecule has 2 fully saturated rings. The summed E-state index contributed by atoms with van der Waals surface area (Å²) in [4.78, 5) is 34.6. The lowest BCUT2D eigenvalue weighted by atomic mass is 9.71. The number of amides is 2. The van der Waals surface area contributed by atoms with Crippen molar-refractivity contribution in [3.05, 3.63) is 0 Å². The van der Waals surface area contributed by atoms with Crippen molar-refractivity contribution in [3.8, 4) is 0 Å². The van der Waals surface area contributed by atoms with Gasteiger partial charge in [0.2, 0.25) is 11.8 Å². The van der Waals surface area contributed by atoms with Crippen LogP contribution in [0.15, 0.2) is 0 Å². The largest absolute Gasteiger partial charge is 0.481 e. The molecule has 6 heteroatoms. The van der Waals surface area contributed by atoms with Crippen molar-refractivity contribution in [1.29, 1.82) is 0 Å². The first-order valence-electron chi connectivity index (χ1n) is 6.76. The Labute approximate surface area is 111 Å². The molecule has 1 saturated heterocycles. The highest BCUT2D eigenvalue weighted by Gasteiger charge is 2.44. The molecule has 0 aromatic carbocycles. The summed E-state index contributed by atoms with van der Waals surface area (Å²) in [5, 5.41) is 14.8. The number of carbonyl (C=O) groups excluding carboxylic acids is 2. The fourth-order valence-electron chi connectivity index (χ4n) is 2.90. The molecular formula is C13H20N2O4. The van der Waals surface area contributed by atoms with Crippen molar-refractivity contribution < 1.29 is 19.5 Å². The predicted molar refractivity (Wildman–Crippen MR) is 67.3 cm³/mol. The Morgan fingerprint density at radius 2 is 2.11 bits per heavy atom. The average molecular weight is 268 g/mol. The van der Waals surface area contributed by atoms with E-state index in [1.54, 1.807) is 6.92 Å². The Morgan fingerprint density at radius 3 is 2.68 bits per heavy atom. The molecule has 19 heavy (non-hydrogen) atoms. The number of aliphatic carboxylic acids is 1. The maximum atomic E-state index is 12.1. The predicted octanol–water partition coefficient (Wildman–Crippen LogP) is 0.415. The Morgan fingerprint density at radius 1 is 1.37 bits per heavy atom. The summed E-state index contributed by atoms with van der Waals surface area (Å²) in [6.07, 6.45) is 3.89. The first-order chi connectivity index (χ1) is 8.93. The lowest BCUT2D eigenvalue weighted by Gasteiger charge is -2.38. The number of rotatable bonds is 3. The van der Waals surface area contributed by atoms with Crippen LogP contribution in [0.5, 0.6) is 0 Å². The molecule has 1 aliphatic heterocycles. The number of hydrogen-bond donors (Lipinski definition) is 3. The van der Waals surface area contributed by atoms with E-state index in [4.69, 9.17) is 0 Å². The van der Waals surface area contributed by atoms with Crippen LogP contribution < -0.4 is 10.6 Å². The van der Waals surface area contributed by atoms with E-state index in [-0.39, 0.29) is 17.9 Å². The summed E-state index contributed by atoms with van der Waals surface area (Å²) >= 11 is 0. The Hall–Kier alpha value is -1.59. The highest BCUT2D eigenvalue weighted by molar-refractivity contribution is 5.91. The molecule has 0 aromatic heterocycles. The second-order valence-electron chi connectivity index (χ2n) is 5.69. The molecular weight excluding hydrogens is 248 g/mol. The van der Waals surface area contributed by atoms with Gasteiger partial charge in [-0.1, -0.05) is 12.8 Å². The maximum Gasteiger partial charge on any atom is 0.311 e. The van der Waals surface area contributed by atoms with Crippen LogP contribution in [-0.2, 0) is 14.4 Å². The Bertz CT molecular complexity index is 409. The molecule has 2 amide bonds. The average Bonchev–Trinajstić information content (AvgIpc) is 2.79. The number of nitrogens with one attached hydrogen (secondary N) is 2. The quantitative estimate of drug-likeness (QED) is 0.691. The highest BCUT2D eigenvalue weighted by Crippen LogP contribution is 2.36. The van der Waals surface area contributed by atoms with E-state index in [0.717, 1.165) is 12.8 Å². The highest BCUT2D eigenvalue weighted by atomic mass is 16.4. The summed E-state index contributed by atoms with van der Waals surface area (Å²) in [5.74, 6) is -1.25. The zero-order chi connectivity index (χ0) is 14.0. The zero-order valence-corrected chi connectivity index (χ0v) is 11.1. The normalized spacial score (nSPS) is 34.7. The van der Waals surface area contributed by atoms with Crippen molar-refractivity contribution in [2.45, 2.75) is 57.5 Å². The molecule has 0 spiro atoms. The molecule has 0 aromatic rings. The van der Waals surface area contributed by atoms with Gasteiger partial charge in [0.05, 0.1) is 5.41 Å². The molecule has 2 unspecified atom stereocenters. The van der Waals surface area contributed by atoms with Gasteiger partial charge in [0.1, 0.15) is 6.04 Å². The standard InChI is InChI=1S/C13H20N2O4/c1-13(12(18)19)7-3-2-4-9(13)15-11(17)8-5-6-10(16)14-8/h8-9H,2-7H2,1H3,(H,14,16)(H,15,17)(H,18,19)/t8-,9?,13?/m0/s1. The van der Waals surface area contributed by atoms with Crippen molar-refractivity contribution >= 4 is 17.8 Å². The zero-order valence-electron chi connectivity index (χ0n) is 11.1. The Balaban J connectivity index is 2.02. The van der Waals surface area contributed by atoms with Gasteiger partial charge in [0, 0.05) is 12.5 Å². The summed E-state index contributed by atoms with van der Waals surface area (Å²) in [5.41, 5.74) is -0.906. The van der Waals surface area contributed by atoms with Crippen molar-refractivity contribution in [3.63, 3.8) is 0 Å². The Kier molecular flexibility index (Phi) is 3.78. The van der Waals surface area contributed by atoms with E-state index < -0.39 is 17.4 Å². The molecule has 1 heterocycles. The molecule has 6 nitrogen and oxygen atoms in total. The monoisotopic (exact) mass is 268 g/mol. The summed E-state index contributed by atoms with van der Waals surface area (Å²) in [6.45, 7) is 1.69. The smallest absolute Gasteiger partial charge is 0.311 e. The van der Waals surface area contributed by atoms with Crippen LogP contribution in [0.25, 0.3) is 0 Å². The third-order valence-corrected chi connectivity index (χ3v) is 4.32. The topological polar surface area (TPSA) is 95.5 Å². The van der Waals surface area contributed by atoms with Crippen LogP contribution in [0.2, 0.25) is 0 Å². The number of hydrogen-bond acceptors (Lipinski definition) is 3. The minimum Gasteiger partial charge on any atom is -0.481 e. The number of carboxylic acids is 1. The van der Waals surface area contributed by atoms with Crippen molar-refractivity contribution in [2.24, 2.45) is 5.41 Å². The van der Waals surface area contributed by atoms with E-state index in [2.05, 4.69) is 10.6 Å². The fraction of sp³-hybridized carbons (Fsp3) is 0.769. The van der Waals surface area contributed by atoms with E-state index in [1.807, 2.05) is 0 Å². The molecule has 1 saturated carbocycles. The van der Waals surface area contributed by atoms with Crippen LogP contribution in [0.4, 0.5) is 0 Å². The van der Waals surface area contributed by atoms with E-state index >= 15 is 0 Å². The molecule has 2 aliphatic rings. The minimum absolute atomic E-state index is 0.121. The minimum atomic E-state index is -0.906. The first-order valence-corrected chi connectivity index (χ1v) is 6.76. The summed E-state index contributed by atoms with van der Waals surface area (Å²) < 4.78 is 0. The molecule has 2 rings (SSSR count). The fourth-order valence-corrected chi connectivity index (χ4v) is 2.90. The third-order valence-electron chi connectivity index (χ3n) is 4.32. The van der Waals surface area contributed by atoms with E-state index in [1.165, 1.54) is 0 Å². The summed E-state index contributed by atoms with van der Waals surface area (Å²) in [6, 6.07) is -0.865. The van der Waals surface area contributed by atoms with Crippen molar-refractivity contribution in [2.75, 3.05) is 0 Å². The van der Waals surface area contributed by atoms with Gasteiger partial charge >= 0.3 is 5.97 Å². The summed E-state index contributed by atoms with van der Waals surface area (Å²) in [7, 11) is 0. The van der Waals surface area contributed by atoms with Gasteiger partial charge in [0.25, 0.3) is 0 Å². The molecule has 1 aliphatic carbocycles. The van der Waals surface area contributed by atoms with Gasteiger partial charge in [-0.2, -0.15) is 0 Å². The van der Waals surface area contributed by atoms with Crippen LogP contribution in [0, 0.1) is 5.41 Å². The van der Waals surface area contributed by atoms with Crippen LogP contribution in [-0.4, -0.2) is 35.0 Å². The van der Waals surface area contributed by atoms with E-state index in [0.29, 0.717) is 25.7 Å². The molecule has 0 radical (unpaired) electrons. The third kappa shape index (κ3) is 2.72. The number of carboxylic acid groups (broad SMARTS) is 1. The van der Waals surface area contributed by atoms with Crippen LogP contribution in [0.1, 0.15) is 45.4 Å². The van der Waals surface area contributed by atoms with Crippen LogP contribution >= 0.6 is 0 Å².